The lowest BCUT2D eigenvalue weighted by Gasteiger charge is -2.18. The molecule has 0 bridgehead atoms. The van der Waals surface area contributed by atoms with Crippen LogP contribution in [0.3, 0.4) is 0 Å². The molecule has 0 amide bonds. The molecule has 1 unspecified atom stereocenters. The van der Waals surface area contributed by atoms with Crippen molar-refractivity contribution in [3.63, 3.8) is 0 Å². The highest BCUT2D eigenvalue weighted by Gasteiger charge is 2.20. The van der Waals surface area contributed by atoms with Crippen LogP contribution in [0, 0.1) is 13.8 Å². The minimum atomic E-state index is -0.305. The number of nitrogens with zero attached hydrogens (tertiary/aromatic N) is 3. The molecule has 0 aliphatic carbocycles. The van der Waals surface area contributed by atoms with E-state index in [9.17, 15) is 0 Å². The molecule has 1 atom stereocenters. The zero-order chi connectivity index (χ0) is 15.0. The van der Waals surface area contributed by atoms with Crippen LogP contribution in [-0.4, -0.2) is 21.7 Å². The number of aryl methyl sites for hydroxylation is 1. The Morgan fingerprint density at radius 3 is 2.76 bits per heavy atom. The fourth-order valence-corrected chi connectivity index (χ4v) is 2.59. The van der Waals surface area contributed by atoms with Crippen LogP contribution < -0.4 is 10.5 Å². The van der Waals surface area contributed by atoms with Gasteiger partial charge in [-0.15, -0.1) is 0 Å². The minimum Gasteiger partial charge on any atom is -0.496 e. The van der Waals surface area contributed by atoms with Crippen LogP contribution in [0.25, 0.3) is 5.52 Å². The lowest BCUT2D eigenvalue weighted by Crippen LogP contribution is -2.14. The van der Waals surface area contributed by atoms with E-state index in [0.29, 0.717) is 0 Å². The lowest BCUT2D eigenvalue weighted by molar-refractivity contribution is 0.404. The number of aromatic nitrogens is 3. The van der Waals surface area contributed by atoms with Crippen molar-refractivity contribution in [2.45, 2.75) is 19.9 Å². The summed E-state index contributed by atoms with van der Waals surface area (Å²) in [5.41, 5.74) is 11.6. The first-order valence-electron chi connectivity index (χ1n) is 6.80. The van der Waals surface area contributed by atoms with Crippen molar-refractivity contribution in [3.8, 4) is 5.75 Å². The van der Waals surface area contributed by atoms with Gasteiger partial charge >= 0.3 is 0 Å². The van der Waals surface area contributed by atoms with Gasteiger partial charge in [0.15, 0.2) is 0 Å². The van der Waals surface area contributed by atoms with Gasteiger partial charge in [0.25, 0.3) is 0 Å². The number of hydrogen-bond donors (Lipinski definition) is 1. The van der Waals surface area contributed by atoms with Crippen LogP contribution in [0.5, 0.6) is 5.75 Å². The number of benzene rings is 1. The average Bonchev–Trinajstić information content (AvgIpc) is 2.93. The third-order valence-corrected chi connectivity index (χ3v) is 3.94. The minimum absolute atomic E-state index is 0.305. The number of fused-ring (bicyclic) bond motifs is 1. The Kier molecular flexibility index (Phi) is 3.35. The van der Waals surface area contributed by atoms with E-state index in [0.717, 1.165) is 28.0 Å². The molecule has 0 fully saturated rings. The Balaban J connectivity index is 2.14. The molecule has 5 nitrogen and oxygen atoms in total. The summed E-state index contributed by atoms with van der Waals surface area (Å²) in [6.07, 6.45) is 7.07. The lowest BCUT2D eigenvalue weighted by atomic mass is 9.96. The fraction of sp³-hybridized carbons (Fsp3) is 0.250. The molecule has 21 heavy (non-hydrogen) atoms. The van der Waals surface area contributed by atoms with E-state index in [1.54, 1.807) is 30.2 Å². The van der Waals surface area contributed by atoms with Crippen molar-refractivity contribution in [2.24, 2.45) is 5.73 Å². The molecule has 2 heterocycles. The molecule has 0 aliphatic rings. The van der Waals surface area contributed by atoms with E-state index < -0.39 is 0 Å². The average molecular weight is 282 g/mol. The van der Waals surface area contributed by atoms with Crippen LogP contribution in [0.4, 0.5) is 0 Å². The molecule has 1 aromatic carbocycles. The molecule has 0 saturated heterocycles. The first-order valence-corrected chi connectivity index (χ1v) is 6.80. The smallest absolute Gasteiger partial charge is 0.127 e. The normalized spacial score (nSPS) is 12.6. The van der Waals surface area contributed by atoms with Crippen molar-refractivity contribution in [1.82, 2.24) is 14.6 Å². The molecular formula is C16H18N4O. The maximum Gasteiger partial charge on any atom is 0.127 e. The molecule has 0 radical (unpaired) electrons. The maximum absolute atomic E-state index is 6.46. The van der Waals surface area contributed by atoms with Gasteiger partial charge in [0.2, 0.25) is 0 Å². The van der Waals surface area contributed by atoms with E-state index >= 15 is 0 Å². The molecule has 3 aromatic rings. The van der Waals surface area contributed by atoms with E-state index in [1.165, 1.54) is 5.56 Å². The Morgan fingerprint density at radius 2 is 2.00 bits per heavy atom. The number of nitrogens with two attached hydrogens (primary N) is 1. The Morgan fingerprint density at radius 1 is 1.19 bits per heavy atom. The highest BCUT2D eigenvalue weighted by molar-refractivity contribution is 5.58. The largest absolute Gasteiger partial charge is 0.496 e. The van der Waals surface area contributed by atoms with Gasteiger partial charge in [-0.3, -0.25) is 4.98 Å². The second kappa shape index (κ2) is 5.18. The molecule has 5 heteroatoms. The van der Waals surface area contributed by atoms with Crippen molar-refractivity contribution in [2.75, 3.05) is 7.11 Å². The Labute approximate surface area is 123 Å². The molecule has 3 rings (SSSR count). The van der Waals surface area contributed by atoms with Crippen molar-refractivity contribution in [1.29, 1.82) is 0 Å². The van der Waals surface area contributed by atoms with E-state index in [1.807, 2.05) is 19.2 Å². The summed E-state index contributed by atoms with van der Waals surface area (Å²) in [7, 11) is 1.68. The predicted molar refractivity (Wildman–Crippen MR) is 81.5 cm³/mol. The topological polar surface area (TPSA) is 65.4 Å². The van der Waals surface area contributed by atoms with Crippen LogP contribution in [-0.2, 0) is 0 Å². The van der Waals surface area contributed by atoms with Crippen molar-refractivity contribution < 1.29 is 4.74 Å². The van der Waals surface area contributed by atoms with Gasteiger partial charge in [-0.25, -0.2) is 4.52 Å². The summed E-state index contributed by atoms with van der Waals surface area (Å²) in [6.45, 7) is 4.11. The highest BCUT2D eigenvalue weighted by atomic mass is 16.5. The van der Waals surface area contributed by atoms with Gasteiger partial charge < -0.3 is 10.5 Å². The summed E-state index contributed by atoms with van der Waals surface area (Å²) in [5, 5.41) is 4.32. The number of ether oxygens (including phenoxy) is 1. The molecule has 0 aliphatic heterocycles. The van der Waals surface area contributed by atoms with Crippen LogP contribution in [0.2, 0.25) is 0 Å². The summed E-state index contributed by atoms with van der Waals surface area (Å²) in [6, 6.07) is 3.78. The summed E-state index contributed by atoms with van der Waals surface area (Å²) in [5.74, 6) is 0.839. The molecule has 0 saturated carbocycles. The van der Waals surface area contributed by atoms with Crippen LogP contribution in [0.15, 0.2) is 36.9 Å². The molecule has 2 N–H and O–H groups in total. The van der Waals surface area contributed by atoms with E-state index in [4.69, 9.17) is 10.5 Å². The number of hydrogen-bond acceptors (Lipinski definition) is 4. The monoisotopic (exact) mass is 282 g/mol. The first-order chi connectivity index (χ1) is 10.1. The quantitative estimate of drug-likeness (QED) is 0.801. The fourth-order valence-electron chi connectivity index (χ4n) is 2.59. The third kappa shape index (κ3) is 2.15. The number of rotatable bonds is 3. The number of methoxy groups -OCH3 is 1. The van der Waals surface area contributed by atoms with Crippen molar-refractivity contribution in [3.05, 3.63) is 59.2 Å². The predicted octanol–water partition coefficient (Wildman–Crippen LogP) is 2.40. The molecule has 108 valence electrons. The van der Waals surface area contributed by atoms with Gasteiger partial charge in [0.05, 0.1) is 31.1 Å². The molecular weight excluding hydrogens is 264 g/mol. The van der Waals surface area contributed by atoms with Gasteiger partial charge in [0.1, 0.15) is 5.75 Å². The first kappa shape index (κ1) is 13.6. The second-order valence-electron chi connectivity index (χ2n) is 5.11. The Bertz CT molecular complexity index is 794. The highest BCUT2D eigenvalue weighted by Crippen LogP contribution is 2.33. The van der Waals surface area contributed by atoms with Crippen LogP contribution in [0.1, 0.15) is 28.3 Å². The van der Waals surface area contributed by atoms with Gasteiger partial charge in [-0.1, -0.05) is 12.1 Å². The summed E-state index contributed by atoms with van der Waals surface area (Å²) in [4.78, 5) is 4.15. The summed E-state index contributed by atoms with van der Waals surface area (Å²) < 4.78 is 7.34. The maximum atomic E-state index is 6.46. The zero-order valence-corrected chi connectivity index (χ0v) is 12.4. The third-order valence-electron chi connectivity index (χ3n) is 3.94. The summed E-state index contributed by atoms with van der Waals surface area (Å²) >= 11 is 0. The molecule has 2 aromatic heterocycles. The van der Waals surface area contributed by atoms with E-state index in [2.05, 4.69) is 23.1 Å². The van der Waals surface area contributed by atoms with E-state index in [-0.39, 0.29) is 6.04 Å². The Hall–Kier alpha value is -2.40. The SMILES string of the molecule is COc1c(C(N)c2cnn3ccncc23)ccc(C)c1C. The van der Waals surface area contributed by atoms with Crippen molar-refractivity contribution >= 4 is 5.52 Å². The van der Waals surface area contributed by atoms with Gasteiger partial charge in [-0.05, 0) is 25.0 Å². The zero-order valence-electron chi connectivity index (χ0n) is 12.4. The molecule has 0 spiro atoms. The second-order valence-corrected chi connectivity index (χ2v) is 5.11. The van der Waals surface area contributed by atoms with Gasteiger partial charge in [-0.2, -0.15) is 5.10 Å². The standard InChI is InChI=1S/C16H18N4O/c1-10-4-5-12(16(21-3)11(10)2)15(17)13-8-19-20-7-6-18-9-14(13)20/h4-9,15H,17H2,1-3H3. The van der Waals surface area contributed by atoms with Crippen LogP contribution >= 0.6 is 0 Å². The van der Waals surface area contributed by atoms with Gasteiger partial charge in [0, 0.05) is 23.5 Å².